The van der Waals surface area contributed by atoms with Gasteiger partial charge < -0.3 is 39.7 Å². The molecule has 2 aliphatic rings. The second-order valence-corrected chi connectivity index (χ2v) is 5.41. The van der Waals surface area contributed by atoms with Gasteiger partial charge in [0.25, 0.3) is 0 Å². The fraction of sp³-hybridized carbons (Fsp3) is 1.00. The molecule has 7 N–H and O–H groups in total. The number of aliphatic hydroxyl groups excluding tert-OH is 5. The fourth-order valence-electron chi connectivity index (χ4n) is 2.65. The molecule has 2 fully saturated rings. The van der Waals surface area contributed by atoms with Crippen LogP contribution in [0.3, 0.4) is 0 Å². The molecule has 10 heteroatoms. The minimum atomic E-state index is -1.22. The van der Waals surface area contributed by atoms with Crippen molar-refractivity contribution in [1.29, 1.82) is 0 Å². The number of rotatable bonds is 5. The van der Waals surface area contributed by atoms with E-state index in [0.29, 0.717) is 0 Å². The van der Waals surface area contributed by atoms with E-state index >= 15 is 0 Å². The minimum absolute atomic E-state index is 0.0407. The zero-order chi connectivity index (χ0) is 16.3. The average molecular weight is 325 g/mol. The van der Waals surface area contributed by atoms with Crippen molar-refractivity contribution in [3.8, 4) is 0 Å². The van der Waals surface area contributed by atoms with E-state index in [-0.39, 0.29) is 12.8 Å². The molecule has 0 aliphatic carbocycles. The molecule has 2 heterocycles. The quantitative estimate of drug-likeness (QED) is 0.280. The molecule has 0 aromatic rings. The van der Waals surface area contributed by atoms with Crippen LogP contribution in [-0.2, 0) is 19.0 Å². The van der Waals surface area contributed by atoms with Gasteiger partial charge in [-0.15, -0.1) is 0 Å². The van der Waals surface area contributed by atoms with Crippen LogP contribution in [0.1, 0.15) is 12.8 Å². The molecule has 0 aromatic heterocycles. The molecule has 0 radical (unpaired) electrons. The maximum absolute atomic E-state index is 10.1. The summed E-state index contributed by atoms with van der Waals surface area (Å²) >= 11 is 0. The Morgan fingerprint density at radius 1 is 0.909 bits per heavy atom. The summed E-state index contributed by atoms with van der Waals surface area (Å²) in [5, 5.41) is 47.9. The average Bonchev–Trinajstić information content (AvgIpc) is 2.52. The highest BCUT2D eigenvalue weighted by Gasteiger charge is 2.43. The zero-order valence-corrected chi connectivity index (χ0v) is 11.9. The first kappa shape index (κ1) is 17.9. The van der Waals surface area contributed by atoms with Gasteiger partial charge in [0.15, 0.2) is 12.6 Å². The Bertz CT molecular complexity index is 347. The molecular weight excluding hydrogens is 302 g/mol. The van der Waals surface area contributed by atoms with E-state index in [0.717, 1.165) is 0 Å². The van der Waals surface area contributed by atoms with Crippen LogP contribution in [0.2, 0.25) is 0 Å². The first-order valence-electron chi connectivity index (χ1n) is 7.08. The van der Waals surface area contributed by atoms with E-state index in [1.807, 2.05) is 0 Å². The Morgan fingerprint density at radius 3 is 2.09 bits per heavy atom. The molecule has 0 amide bonds. The Hall–Kier alpha value is -0.400. The van der Waals surface area contributed by atoms with Crippen LogP contribution in [0.15, 0.2) is 0 Å². The molecule has 0 saturated carbocycles. The lowest BCUT2D eigenvalue weighted by molar-refractivity contribution is -0.321. The van der Waals surface area contributed by atoms with Crippen LogP contribution in [0.5, 0.6) is 0 Å². The standard InChI is InChI=1S/C12H23NO9/c13-22-10-2-6(17)12(8(4-15)20-10)21-9-1-5(16)11(18)7(3-14)19-9/h5-12,14-18H,1-4,13H2. The maximum atomic E-state index is 10.1. The van der Waals surface area contributed by atoms with Crippen LogP contribution in [0.4, 0.5) is 0 Å². The number of ether oxygens (including phenoxy) is 3. The van der Waals surface area contributed by atoms with Gasteiger partial charge in [-0.25, -0.2) is 5.90 Å². The summed E-state index contributed by atoms with van der Waals surface area (Å²) in [6, 6.07) is 0. The van der Waals surface area contributed by atoms with Crippen molar-refractivity contribution in [2.24, 2.45) is 5.90 Å². The van der Waals surface area contributed by atoms with E-state index in [1.54, 1.807) is 0 Å². The van der Waals surface area contributed by atoms with Gasteiger partial charge in [-0.2, -0.15) is 0 Å². The third-order valence-corrected chi connectivity index (χ3v) is 3.86. The zero-order valence-electron chi connectivity index (χ0n) is 11.9. The van der Waals surface area contributed by atoms with Gasteiger partial charge in [0.2, 0.25) is 0 Å². The highest BCUT2D eigenvalue weighted by molar-refractivity contribution is 4.87. The van der Waals surface area contributed by atoms with Crippen LogP contribution in [0, 0.1) is 0 Å². The van der Waals surface area contributed by atoms with Gasteiger partial charge in [0, 0.05) is 12.8 Å². The topological polar surface area (TPSA) is 164 Å². The summed E-state index contributed by atoms with van der Waals surface area (Å²) in [4.78, 5) is 4.51. The molecule has 0 aromatic carbocycles. The van der Waals surface area contributed by atoms with E-state index in [4.69, 9.17) is 25.2 Å². The predicted molar refractivity (Wildman–Crippen MR) is 68.9 cm³/mol. The Labute approximate surface area is 126 Å². The molecule has 8 atom stereocenters. The smallest absolute Gasteiger partial charge is 0.180 e. The Balaban J connectivity index is 1.99. The predicted octanol–water partition coefficient (Wildman–Crippen LogP) is -3.44. The normalized spacial score (nSPS) is 46.6. The van der Waals surface area contributed by atoms with Crippen molar-refractivity contribution in [2.45, 2.75) is 62.0 Å². The highest BCUT2D eigenvalue weighted by Crippen LogP contribution is 2.28. The minimum Gasteiger partial charge on any atom is -0.394 e. The molecule has 0 spiro atoms. The van der Waals surface area contributed by atoms with E-state index in [1.165, 1.54) is 0 Å². The summed E-state index contributed by atoms with van der Waals surface area (Å²) < 4.78 is 16.2. The summed E-state index contributed by atoms with van der Waals surface area (Å²) in [6.45, 7) is -0.933. The number of nitrogens with two attached hydrogens (primary N) is 1. The summed E-state index contributed by atoms with van der Waals surface area (Å²) in [5.41, 5.74) is 0. The number of aliphatic hydroxyl groups is 5. The van der Waals surface area contributed by atoms with E-state index < -0.39 is 62.4 Å². The highest BCUT2D eigenvalue weighted by atomic mass is 16.8. The van der Waals surface area contributed by atoms with Gasteiger partial charge in [-0.1, -0.05) is 0 Å². The Kier molecular flexibility index (Phi) is 6.46. The first-order valence-corrected chi connectivity index (χ1v) is 7.08. The molecule has 8 unspecified atom stereocenters. The summed E-state index contributed by atoms with van der Waals surface area (Å²) in [7, 11) is 0. The van der Waals surface area contributed by atoms with Crippen molar-refractivity contribution in [2.75, 3.05) is 13.2 Å². The van der Waals surface area contributed by atoms with E-state index in [9.17, 15) is 20.4 Å². The largest absolute Gasteiger partial charge is 0.394 e. The van der Waals surface area contributed by atoms with Gasteiger partial charge >= 0.3 is 0 Å². The summed E-state index contributed by atoms with van der Waals surface area (Å²) in [6.07, 6.45) is -8.04. The lowest BCUT2D eigenvalue weighted by Gasteiger charge is -2.42. The maximum Gasteiger partial charge on any atom is 0.180 e. The third-order valence-electron chi connectivity index (χ3n) is 3.86. The van der Waals surface area contributed by atoms with E-state index in [2.05, 4.69) is 4.84 Å². The van der Waals surface area contributed by atoms with Crippen LogP contribution in [-0.4, -0.2) is 88.0 Å². The monoisotopic (exact) mass is 325 g/mol. The van der Waals surface area contributed by atoms with Crippen LogP contribution < -0.4 is 5.90 Å². The second kappa shape index (κ2) is 7.93. The van der Waals surface area contributed by atoms with Gasteiger partial charge in [0.1, 0.15) is 24.4 Å². The first-order chi connectivity index (χ1) is 10.5. The lowest BCUT2D eigenvalue weighted by Crippen LogP contribution is -2.56. The van der Waals surface area contributed by atoms with Crippen molar-refractivity contribution >= 4 is 0 Å². The molecule has 10 nitrogen and oxygen atoms in total. The van der Waals surface area contributed by atoms with Crippen molar-refractivity contribution in [3.63, 3.8) is 0 Å². The molecule has 0 bridgehead atoms. The molecule has 130 valence electrons. The van der Waals surface area contributed by atoms with Crippen molar-refractivity contribution < 1.29 is 44.6 Å². The lowest BCUT2D eigenvalue weighted by atomic mass is 10.00. The summed E-state index contributed by atoms with van der Waals surface area (Å²) in [5.74, 6) is 5.01. The van der Waals surface area contributed by atoms with Gasteiger partial charge in [0.05, 0.1) is 25.4 Å². The van der Waals surface area contributed by atoms with Crippen LogP contribution in [0.25, 0.3) is 0 Å². The third kappa shape index (κ3) is 3.92. The molecule has 22 heavy (non-hydrogen) atoms. The molecular formula is C12H23NO9. The van der Waals surface area contributed by atoms with Crippen molar-refractivity contribution in [3.05, 3.63) is 0 Å². The van der Waals surface area contributed by atoms with Gasteiger partial charge in [-0.3, -0.25) is 4.84 Å². The Morgan fingerprint density at radius 2 is 1.50 bits per heavy atom. The second-order valence-electron chi connectivity index (χ2n) is 5.41. The number of hydrogen-bond acceptors (Lipinski definition) is 10. The fourth-order valence-corrected chi connectivity index (χ4v) is 2.65. The SMILES string of the molecule is NOC1CC(O)C(OC2CC(O)C(O)C(CO)O2)C(CO)O1. The molecule has 2 aliphatic heterocycles. The number of hydrogen-bond donors (Lipinski definition) is 6. The van der Waals surface area contributed by atoms with Crippen LogP contribution >= 0.6 is 0 Å². The van der Waals surface area contributed by atoms with Gasteiger partial charge in [-0.05, 0) is 0 Å². The molecule has 2 saturated heterocycles. The van der Waals surface area contributed by atoms with Crippen molar-refractivity contribution in [1.82, 2.24) is 0 Å². The molecule has 2 rings (SSSR count).